The van der Waals surface area contributed by atoms with Crippen LogP contribution in [-0.2, 0) is 11.2 Å². The quantitative estimate of drug-likeness (QED) is 0.653. The van der Waals surface area contributed by atoms with Crippen molar-refractivity contribution >= 4 is 22.8 Å². The molecule has 1 aromatic heterocycles. The van der Waals surface area contributed by atoms with Gasteiger partial charge < -0.3 is 14.8 Å². The first-order valence-corrected chi connectivity index (χ1v) is 10.00. The van der Waals surface area contributed by atoms with Crippen molar-refractivity contribution in [2.24, 2.45) is 0 Å². The van der Waals surface area contributed by atoms with E-state index in [1.165, 1.54) is 11.9 Å². The number of hydrogen-bond acceptors (Lipinski definition) is 4. The third kappa shape index (κ3) is 2.26. The number of amides is 3. The summed E-state index contributed by atoms with van der Waals surface area (Å²) in [4.78, 5) is 32.9. The molecule has 2 unspecified atom stereocenters. The largest absolute Gasteiger partial charge is 0.508 e. The molecule has 0 bridgehead atoms. The first-order valence-electron chi connectivity index (χ1n) is 10.00. The number of hydrogen-bond donors (Lipinski definition) is 2. The minimum Gasteiger partial charge on any atom is -0.508 e. The maximum Gasteiger partial charge on any atom is 0.328 e. The van der Waals surface area contributed by atoms with Gasteiger partial charge in [-0.2, -0.15) is 0 Å². The number of aromatic nitrogens is 1. The monoisotopic (exact) mass is 405 g/mol. The number of carbonyl (C=O) groups excluding carboxylic acids is 2. The van der Waals surface area contributed by atoms with Crippen molar-refractivity contribution in [3.05, 3.63) is 59.3 Å². The Balaban J connectivity index is 1.83. The van der Waals surface area contributed by atoms with E-state index < -0.39 is 11.6 Å². The van der Waals surface area contributed by atoms with Gasteiger partial charge in [0.05, 0.1) is 7.11 Å². The van der Waals surface area contributed by atoms with E-state index in [0.717, 1.165) is 33.5 Å². The molecule has 2 aliphatic rings. The summed E-state index contributed by atoms with van der Waals surface area (Å²) in [6.07, 6.45) is 0.920. The Bertz CT molecular complexity index is 1200. The van der Waals surface area contributed by atoms with Crippen LogP contribution in [0.25, 0.3) is 10.9 Å². The van der Waals surface area contributed by atoms with Gasteiger partial charge >= 0.3 is 6.03 Å². The predicted molar refractivity (Wildman–Crippen MR) is 112 cm³/mol. The molecular weight excluding hydrogens is 382 g/mol. The lowest BCUT2D eigenvalue weighted by Crippen LogP contribution is -2.55. The van der Waals surface area contributed by atoms with Crippen molar-refractivity contribution in [1.29, 1.82) is 0 Å². The average molecular weight is 405 g/mol. The summed E-state index contributed by atoms with van der Waals surface area (Å²) in [5.74, 6) is 0.658. The number of likely N-dealkylation sites (N-methyl/N-ethyl adjacent to an activating group) is 1. The van der Waals surface area contributed by atoms with Crippen molar-refractivity contribution in [1.82, 2.24) is 14.8 Å². The molecule has 30 heavy (non-hydrogen) atoms. The maximum atomic E-state index is 13.3. The maximum absolute atomic E-state index is 13.3. The van der Waals surface area contributed by atoms with Crippen LogP contribution in [0.2, 0.25) is 0 Å². The van der Waals surface area contributed by atoms with Gasteiger partial charge in [-0.1, -0.05) is 19.1 Å². The molecule has 2 N–H and O–H groups in total. The van der Waals surface area contributed by atoms with Crippen molar-refractivity contribution in [2.75, 3.05) is 14.2 Å². The van der Waals surface area contributed by atoms with E-state index >= 15 is 0 Å². The highest BCUT2D eigenvalue weighted by Gasteiger charge is 2.60. The van der Waals surface area contributed by atoms with Crippen LogP contribution in [-0.4, -0.2) is 51.5 Å². The number of methoxy groups -OCH3 is 1. The standard InChI is InChI=1S/C23H23N3O4/c1-4-23-12-17-16-11-15(30-3)8-9-18(16)24-19(17)20(13-6-5-7-14(27)10-13)26(23)22(29)25(2)21(23)28/h5-11,20,24,27H,4,12H2,1-3H3. The Morgan fingerprint density at radius 3 is 2.73 bits per heavy atom. The second kappa shape index (κ2) is 6.26. The molecule has 0 aliphatic carbocycles. The van der Waals surface area contributed by atoms with E-state index in [2.05, 4.69) is 4.98 Å². The third-order valence-electron chi connectivity index (χ3n) is 6.57. The minimum absolute atomic E-state index is 0.117. The molecule has 5 rings (SSSR count). The molecule has 1 saturated heterocycles. The summed E-state index contributed by atoms with van der Waals surface area (Å²) in [5.41, 5.74) is 2.58. The van der Waals surface area contributed by atoms with E-state index in [-0.39, 0.29) is 17.7 Å². The fourth-order valence-electron chi connectivity index (χ4n) is 5.04. The number of urea groups is 1. The lowest BCUT2D eigenvalue weighted by molar-refractivity contribution is -0.133. The van der Waals surface area contributed by atoms with Crippen LogP contribution in [0.3, 0.4) is 0 Å². The fourth-order valence-corrected chi connectivity index (χ4v) is 5.04. The fraction of sp³-hybridized carbons (Fsp3) is 0.304. The average Bonchev–Trinajstić information content (AvgIpc) is 3.20. The summed E-state index contributed by atoms with van der Waals surface area (Å²) in [6.45, 7) is 1.94. The summed E-state index contributed by atoms with van der Waals surface area (Å²) < 4.78 is 5.42. The number of nitrogens with one attached hydrogen (secondary N) is 1. The van der Waals surface area contributed by atoms with Gasteiger partial charge in [-0.25, -0.2) is 4.79 Å². The SMILES string of the molecule is CCC12Cc3c([nH]c4ccc(OC)cc34)C(c3cccc(O)c3)N1C(=O)N(C)C2=O. The van der Waals surface area contributed by atoms with E-state index in [9.17, 15) is 14.7 Å². The van der Waals surface area contributed by atoms with E-state index in [1.54, 1.807) is 30.2 Å². The number of imide groups is 1. The molecule has 0 spiro atoms. The van der Waals surface area contributed by atoms with Crippen molar-refractivity contribution in [3.8, 4) is 11.5 Å². The van der Waals surface area contributed by atoms with Gasteiger partial charge in [0.2, 0.25) is 0 Å². The van der Waals surface area contributed by atoms with Gasteiger partial charge in [0, 0.05) is 30.1 Å². The number of ether oxygens (including phenoxy) is 1. The number of benzene rings is 2. The van der Waals surface area contributed by atoms with Gasteiger partial charge in [-0.15, -0.1) is 0 Å². The Morgan fingerprint density at radius 1 is 1.23 bits per heavy atom. The topological polar surface area (TPSA) is 85.9 Å². The van der Waals surface area contributed by atoms with Gasteiger partial charge in [-0.05, 0) is 47.9 Å². The molecule has 154 valence electrons. The number of phenols is 1. The van der Waals surface area contributed by atoms with Crippen LogP contribution in [0.5, 0.6) is 11.5 Å². The van der Waals surface area contributed by atoms with Gasteiger partial charge in [-0.3, -0.25) is 14.6 Å². The van der Waals surface area contributed by atoms with Gasteiger partial charge in [0.1, 0.15) is 23.1 Å². The Labute approximate surface area is 173 Å². The summed E-state index contributed by atoms with van der Waals surface area (Å²) in [7, 11) is 3.16. The van der Waals surface area contributed by atoms with Crippen molar-refractivity contribution < 1.29 is 19.4 Å². The van der Waals surface area contributed by atoms with Gasteiger partial charge in [0.15, 0.2) is 0 Å². The molecule has 2 aliphatic heterocycles. The first-order chi connectivity index (χ1) is 14.4. The Morgan fingerprint density at radius 2 is 2.03 bits per heavy atom. The van der Waals surface area contributed by atoms with Crippen LogP contribution < -0.4 is 4.74 Å². The lowest BCUT2D eigenvalue weighted by Gasteiger charge is -2.44. The second-order valence-electron chi connectivity index (χ2n) is 8.00. The summed E-state index contributed by atoms with van der Waals surface area (Å²) >= 11 is 0. The lowest BCUT2D eigenvalue weighted by atomic mass is 9.78. The normalized spacial score (nSPS) is 23.1. The summed E-state index contributed by atoms with van der Waals surface area (Å²) in [6, 6.07) is 11.8. The molecule has 0 radical (unpaired) electrons. The zero-order chi connectivity index (χ0) is 21.2. The predicted octanol–water partition coefficient (Wildman–Crippen LogP) is 3.57. The number of H-pyrrole nitrogens is 1. The van der Waals surface area contributed by atoms with Crippen LogP contribution in [0.15, 0.2) is 42.5 Å². The van der Waals surface area contributed by atoms with E-state index in [4.69, 9.17) is 4.74 Å². The number of aromatic hydroxyl groups is 1. The molecule has 3 heterocycles. The number of nitrogens with zero attached hydrogens (tertiary/aromatic N) is 2. The number of fused-ring (bicyclic) bond motifs is 4. The smallest absolute Gasteiger partial charge is 0.328 e. The van der Waals surface area contributed by atoms with E-state index in [0.29, 0.717) is 12.8 Å². The minimum atomic E-state index is -0.965. The van der Waals surface area contributed by atoms with Crippen molar-refractivity contribution in [2.45, 2.75) is 31.3 Å². The van der Waals surface area contributed by atoms with Crippen LogP contribution in [0, 0.1) is 0 Å². The molecule has 7 nitrogen and oxygen atoms in total. The number of rotatable bonds is 3. The van der Waals surface area contributed by atoms with Crippen LogP contribution >= 0.6 is 0 Å². The molecular formula is C23H23N3O4. The molecule has 1 fully saturated rings. The molecule has 2 aromatic carbocycles. The molecule has 2 atom stereocenters. The molecule has 3 amide bonds. The number of carbonyl (C=O) groups is 2. The number of aromatic amines is 1. The van der Waals surface area contributed by atoms with Gasteiger partial charge in [0.25, 0.3) is 5.91 Å². The number of phenolic OH excluding ortho intramolecular Hbond substituents is 1. The highest BCUT2D eigenvalue weighted by molar-refractivity contribution is 6.08. The van der Waals surface area contributed by atoms with Crippen LogP contribution in [0.1, 0.15) is 36.2 Å². The highest BCUT2D eigenvalue weighted by Crippen LogP contribution is 2.50. The highest BCUT2D eigenvalue weighted by atomic mass is 16.5. The third-order valence-corrected chi connectivity index (χ3v) is 6.57. The van der Waals surface area contributed by atoms with Crippen LogP contribution in [0.4, 0.5) is 4.79 Å². The molecule has 3 aromatic rings. The van der Waals surface area contributed by atoms with E-state index in [1.807, 2.05) is 31.2 Å². The first kappa shape index (κ1) is 18.5. The zero-order valence-corrected chi connectivity index (χ0v) is 17.1. The molecule has 0 saturated carbocycles. The molecule has 7 heteroatoms. The summed E-state index contributed by atoms with van der Waals surface area (Å²) in [5, 5.41) is 11.1. The van der Waals surface area contributed by atoms with Crippen molar-refractivity contribution in [3.63, 3.8) is 0 Å². The Kier molecular flexibility index (Phi) is 3.87. The second-order valence-corrected chi connectivity index (χ2v) is 8.00. The zero-order valence-electron chi connectivity index (χ0n) is 17.1. The Hall–Kier alpha value is -3.48.